The van der Waals surface area contributed by atoms with Crippen LogP contribution in [0.4, 0.5) is 0 Å². The summed E-state index contributed by atoms with van der Waals surface area (Å²) in [4.78, 5) is 10.9. The number of halogens is 1. The Hall–Kier alpha value is -2.00. The van der Waals surface area contributed by atoms with Gasteiger partial charge in [0.05, 0.1) is 0 Å². The molecule has 0 spiro atoms. The fourth-order valence-electron chi connectivity index (χ4n) is 2.36. The van der Waals surface area contributed by atoms with E-state index in [1.807, 2.05) is 30.4 Å². The van der Waals surface area contributed by atoms with Gasteiger partial charge in [-0.15, -0.1) is 0 Å². The zero-order valence-corrected chi connectivity index (χ0v) is 10.7. The summed E-state index contributed by atoms with van der Waals surface area (Å²) in [5, 5.41) is 11.3. The molecular weight excluding hydrogens is 264 g/mol. The Labute approximate surface area is 114 Å². The third-order valence-electron chi connectivity index (χ3n) is 3.15. The number of aliphatic carboxylic acids is 1. The third-order valence-corrected chi connectivity index (χ3v) is 3.39. The summed E-state index contributed by atoms with van der Waals surface area (Å²) in [6.07, 6.45) is 7.37. The number of fused-ring (bicyclic) bond motifs is 2. The zero-order chi connectivity index (χ0) is 13.4. The van der Waals surface area contributed by atoms with Crippen molar-refractivity contribution in [2.45, 2.75) is 12.5 Å². The minimum atomic E-state index is -0.917. The lowest BCUT2D eigenvalue weighted by atomic mass is 9.97. The zero-order valence-electron chi connectivity index (χ0n) is 9.97. The van der Waals surface area contributed by atoms with Crippen molar-refractivity contribution in [3.05, 3.63) is 58.0 Å². The van der Waals surface area contributed by atoms with Crippen LogP contribution in [0.15, 0.2) is 42.5 Å². The average Bonchev–Trinajstić information content (AvgIpc) is 2.38. The molecule has 0 aromatic heterocycles. The van der Waals surface area contributed by atoms with E-state index in [2.05, 4.69) is 0 Å². The molecule has 1 aromatic carbocycles. The Morgan fingerprint density at radius 2 is 2.16 bits per heavy atom. The van der Waals surface area contributed by atoms with Gasteiger partial charge in [0.25, 0.3) is 0 Å². The van der Waals surface area contributed by atoms with Crippen LogP contribution < -0.4 is 10.4 Å². The van der Waals surface area contributed by atoms with Crippen molar-refractivity contribution in [2.75, 3.05) is 0 Å². The first-order valence-corrected chi connectivity index (χ1v) is 6.29. The number of carboxylic acids is 1. The van der Waals surface area contributed by atoms with E-state index in [1.165, 1.54) is 0 Å². The van der Waals surface area contributed by atoms with Gasteiger partial charge < -0.3 is 9.84 Å². The lowest BCUT2D eigenvalue weighted by Gasteiger charge is -2.25. The minimum absolute atomic E-state index is 0.144. The summed E-state index contributed by atoms with van der Waals surface area (Å²) >= 11 is 6.00. The smallest absolute Gasteiger partial charge is 0.311 e. The first-order valence-electron chi connectivity index (χ1n) is 5.91. The maximum Gasteiger partial charge on any atom is 0.311 e. The van der Waals surface area contributed by atoms with E-state index >= 15 is 0 Å². The second-order valence-electron chi connectivity index (χ2n) is 4.42. The summed E-state index contributed by atoms with van der Waals surface area (Å²) < 4.78 is 5.78. The van der Waals surface area contributed by atoms with E-state index in [4.69, 9.17) is 21.4 Å². The van der Waals surface area contributed by atoms with Gasteiger partial charge in [0.2, 0.25) is 0 Å². The molecule has 2 aliphatic rings. The fraction of sp³-hybridized carbons (Fsp3) is 0.133. The lowest BCUT2D eigenvalue weighted by molar-refractivity contribution is -0.136. The van der Waals surface area contributed by atoms with Crippen LogP contribution in [0.2, 0.25) is 5.02 Å². The molecule has 0 bridgehead atoms. The Kier molecular flexibility index (Phi) is 2.91. The fourth-order valence-corrected chi connectivity index (χ4v) is 2.53. The normalized spacial score (nSPS) is 19.7. The largest absolute Gasteiger partial charge is 0.485 e. The van der Waals surface area contributed by atoms with Crippen molar-refractivity contribution in [3.63, 3.8) is 0 Å². The number of carboxylic acid groups (broad SMARTS) is 1. The number of benzene rings is 1. The van der Waals surface area contributed by atoms with Crippen molar-refractivity contribution in [3.8, 4) is 0 Å². The summed E-state index contributed by atoms with van der Waals surface area (Å²) in [5.41, 5.74) is 1.03. The molecule has 1 atom stereocenters. The molecule has 0 radical (unpaired) electrons. The van der Waals surface area contributed by atoms with Crippen LogP contribution in [0.5, 0.6) is 0 Å². The summed E-state index contributed by atoms with van der Waals surface area (Å²) in [7, 11) is 0. The second-order valence-corrected chi connectivity index (χ2v) is 4.86. The molecule has 3 nitrogen and oxygen atoms in total. The topological polar surface area (TPSA) is 46.5 Å². The molecule has 0 fully saturated rings. The first-order chi connectivity index (χ1) is 9.15. The lowest BCUT2D eigenvalue weighted by Crippen LogP contribution is -2.38. The van der Waals surface area contributed by atoms with E-state index in [0.29, 0.717) is 10.8 Å². The highest BCUT2D eigenvalue weighted by Crippen LogP contribution is 2.22. The van der Waals surface area contributed by atoms with Gasteiger partial charge in [-0.3, -0.25) is 4.79 Å². The van der Waals surface area contributed by atoms with E-state index < -0.39 is 5.97 Å². The van der Waals surface area contributed by atoms with Crippen LogP contribution in [0.3, 0.4) is 0 Å². The Morgan fingerprint density at radius 1 is 1.32 bits per heavy atom. The van der Waals surface area contributed by atoms with Crippen LogP contribution in [-0.2, 0) is 9.53 Å². The molecule has 4 heteroatoms. The van der Waals surface area contributed by atoms with Gasteiger partial charge >= 0.3 is 5.97 Å². The van der Waals surface area contributed by atoms with Gasteiger partial charge in [-0.05, 0) is 23.4 Å². The molecule has 3 rings (SSSR count). The molecule has 1 unspecified atom stereocenters. The third kappa shape index (κ3) is 2.17. The Bertz CT molecular complexity index is 728. The first kappa shape index (κ1) is 12.1. The standard InChI is InChI=1S/C15H11ClO3/c16-9-5-6-10-11-3-1-2-4-13(11)19-14(8-15(17)18)12(10)7-9/h1-7,13H,8H2,(H,17,18). The molecule has 1 heterocycles. The molecule has 1 aliphatic carbocycles. The number of allylic oxidation sites excluding steroid dienone is 2. The van der Waals surface area contributed by atoms with Gasteiger partial charge in [0, 0.05) is 15.8 Å². The SMILES string of the molecule is O=C(O)CC1=c2cc(Cl)ccc2=C2C=CC=CC2O1. The molecule has 1 aliphatic heterocycles. The van der Waals surface area contributed by atoms with Crippen molar-refractivity contribution in [1.82, 2.24) is 0 Å². The van der Waals surface area contributed by atoms with E-state index in [-0.39, 0.29) is 12.5 Å². The quantitative estimate of drug-likeness (QED) is 0.891. The van der Waals surface area contributed by atoms with Gasteiger partial charge in [-0.25, -0.2) is 0 Å². The Morgan fingerprint density at radius 3 is 2.95 bits per heavy atom. The highest BCUT2D eigenvalue weighted by Gasteiger charge is 2.22. The molecule has 1 aromatic rings. The summed E-state index contributed by atoms with van der Waals surface area (Å²) in [6, 6.07) is 5.47. The molecule has 0 saturated carbocycles. The van der Waals surface area contributed by atoms with Gasteiger partial charge in [-0.1, -0.05) is 35.9 Å². The number of ether oxygens (including phenoxy) is 1. The maximum absolute atomic E-state index is 10.9. The Balaban J connectivity index is 2.33. The number of rotatable bonds is 2. The number of hydrogen-bond donors (Lipinski definition) is 1. The van der Waals surface area contributed by atoms with Crippen LogP contribution in [0.25, 0.3) is 11.3 Å². The highest BCUT2D eigenvalue weighted by atomic mass is 35.5. The van der Waals surface area contributed by atoms with Crippen LogP contribution in [0, 0.1) is 0 Å². The predicted molar refractivity (Wildman–Crippen MR) is 72.9 cm³/mol. The molecule has 0 amide bonds. The van der Waals surface area contributed by atoms with Gasteiger partial charge in [-0.2, -0.15) is 0 Å². The molecule has 0 saturated heterocycles. The van der Waals surface area contributed by atoms with Crippen molar-refractivity contribution < 1.29 is 14.6 Å². The number of carbonyl (C=O) groups is 1. The minimum Gasteiger partial charge on any atom is -0.485 e. The second kappa shape index (κ2) is 4.59. The molecule has 1 N–H and O–H groups in total. The van der Waals surface area contributed by atoms with Crippen molar-refractivity contribution >= 4 is 28.9 Å². The highest BCUT2D eigenvalue weighted by molar-refractivity contribution is 6.30. The molecule has 96 valence electrons. The maximum atomic E-state index is 10.9. The van der Waals surface area contributed by atoms with Crippen LogP contribution >= 0.6 is 11.6 Å². The predicted octanol–water partition coefficient (Wildman–Crippen LogP) is 1.60. The van der Waals surface area contributed by atoms with E-state index in [9.17, 15) is 4.79 Å². The number of hydrogen-bond acceptors (Lipinski definition) is 2. The van der Waals surface area contributed by atoms with Gasteiger partial charge in [0.1, 0.15) is 18.3 Å². The van der Waals surface area contributed by atoms with E-state index in [1.54, 1.807) is 12.1 Å². The van der Waals surface area contributed by atoms with Crippen LogP contribution in [0.1, 0.15) is 6.42 Å². The van der Waals surface area contributed by atoms with Gasteiger partial charge in [0.15, 0.2) is 0 Å². The summed E-state index contributed by atoms with van der Waals surface area (Å²) in [6.45, 7) is 0. The van der Waals surface area contributed by atoms with Crippen LogP contribution in [-0.4, -0.2) is 17.2 Å². The molecule has 19 heavy (non-hydrogen) atoms. The monoisotopic (exact) mass is 274 g/mol. The van der Waals surface area contributed by atoms with Crippen molar-refractivity contribution in [1.29, 1.82) is 0 Å². The molecular formula is C15H11ClO3. The average molecular weight is 275 g/mol. The summed E-state index contributed by atoms with van der Waals surface area (Å²) in [5.74, 6) is -0.460. The van der Waals surface area contributed by atoms with Crippen molar-refractivity contribution in [2.24, 2.45) is 0 Å². The van der Waals surface area contributed by atoms with E-state index in [0.717, 1.165) is 16.0 Å².